The standard InChI is InChI=1S/C20H26F3N3O6/c1-4-7-8-25(6-3)19(29)31-12-15-14(30-9-5-2)10-16(32-15)26-11-13(20(21,22)23)17(27)24-18(26)28/h2,11,14-16H,4,6-10,12H2,1,3H3,(H,24,27,28)/t14-,15+,16+/m0/s1. The monoisotopic (exact) mass is 461 g/mol. The molecule has 1 aromatic rings. The fourth-order valence-electron chi connectivity index (χ4n) is 3.23. The number of halogens is 3. The van der Waals surface area contributed by atoms with Crippen molar-refractivity contribution in [2.24, 2.45) is 0 Å². The Labute approximate surface area is 182 Å². The quantitative estimate of drug-likeness (QED) is 0.565. The average Bonchev–Trinajstić information content (AvgIpc) is 3.12. The number of amides is 1. The van der Waals surface area contributed by atoms with Gasteiger partial charge < -0.3 is 19.1 Å². The van der Waals surface area contributed by atoms with Crippen LogP contribution in [-0.2, 0) is 20.4 Å². The summed E-state index contributed by atoms with van der Waals surface area (Å²) < 4.78 is 56.4. The SMILES string of the molecule is C#CCO[C@H]1C[C@H](n2cc(C(F)(F)F)c(=O)[nH]c2=O)O[C@@H]1COC(=O)N(CC)CCCC. The third kappa shape index (κ3) is 6.37. The fourth-order valence-corrected chi connectivity index (χ4v) is 3.23. The Bertz CT molecular complexity index is 936. The highest BCUT2D eigenvalue weighted by molar-refractivity contribution is 5.67. The Morgan fingerprint density at radius 1 is 1.41 bits per heavy atom. The molecule has 2 rings (SSSR count). The Kier molecular flexibility index (Phi) is 8.91. The van der Waals surface area contributed by atoms with E-state index in [1.807, 2.05) is 6.92 Å². The van der Waals surface area contributed by atoms with Crippen molar-refractivity contribution < 1.29 is 32.2 Å². The van der Waals surface area contributed by atoms with Crippen molar-refractivity contribution in [3.05, 3.63) is 32.6 Å². The van der Waals surface area contributed by atoms with E-state index in [4.69, 9.17) is 20.6 Å². The van der Waals surface area contributed by atoms with E-state index in [1.54, 1.807) is 11.9 Å². The molecular formula is C20H26F3N3O6. The van der Waals surface area contributed by atoms with Crippen LogP contribution in [0.15, 0.2) is 15.8 Å². The Morgan fingerprint density at radius 3 is 2.72 bits per heavy atom. The number of carbonyl (C=O) groups is 1. The highest BCUT2D eigenvalue weighted by Gasteiger charge is 2.40. The van der Waals surface area contributed by atoms with Crippen molar-refractivity contribution >= 4 is 6.09 Å². The van der Waals surface area contributed by atoms with Gasteiger partial charge in [0, 0.05) is 25.7 Å². The summed E-state index contributed by atoms with van der Waals surface area (Å²) in [5.74, 6) is 2.27. The number of aromatic nitrogens is 2. The molecule has 32 heavy (non-hydrogen) atoms. The van der Waals surface area contributed by atoms with Crippen LogP contribution in [0, 0.1) is 12.3 Å². The first-order valence-corrected chi connectivity index (χ1v) is 10.2. The molecule has 0 saturated carbocycles. The summed E-state index contributed by atoms with van der Waals surface area (Å²) >= 11 is 0. The summed E-state index contributed by atoms with van der Waals surface area (Å²) in [6.45, 7) is 4.39. The number of hydrogen-bond donors (Lipinski definition) is 1. The third-order valence-corrected chi connectivity index (χ3v) is 4.94. The molecule has 1 aliphatic heterocycles. The molecule has 12 heteroatoms. The number of unbranched alkanes of at least 4 members (excludes halogenated alkanes) is 1. The lowest BCUT2D eigenvalue weighted by molar-refractivity contribution is -0.139. The predicted molar refractivity (Wildman–Crippen MR) is 107 cm³/mol. The highest BCUT2D eigenvalue weighted by atomic mass is 19.4. The highest BCUT2D eigenvalue weighted by Crippen LogP contribution is 2.32. The van der Waals surface area contributed by atoms with E-state index in [0.29, 0.717) is 23.9 Å². The second kappa shape index (κ2) is 11.2. The summed E-state index contributed by atoms with van der Waals surface area (Å²) in [6, 6.07) is 0. The number of H-pyrrole nitrogens is 1. The molecule has 0 bridgehead atoms. The number of ether oxygens (including phenoxy) is 3. The molecule has 1 saturated heterocycles. The van der Waals surface area contributed by atoms with Gasteiger partial charge in [-0.05, 0) is 13.3 Å². The van der Waals surface area contributed by atoms with Gasteiger partial charge in [0.1, 0.15) is 31.1 Å². The molecular weight excluding hydrogens is 435 g/mol. The van der Waals surface area contributed by atoms with E-state index < -0.39 is 47.5 Å². The van der Waals surface area contributed by atoms with Crippen molar-refractivity contribution in [3.63, 3.8) is 0 Å². The van der Waals surface area contributed by atoms with Gasteiger partial charge in [-0.2, -0.15) is 13.2 Å². The van der Waals surface area contributed by atoms with Crippen molar-refractivity contribution in [2.45, 2.75) is 57.7 Å². The lowest BCUT2D eigenvalue weighted by Gasteiger charge is -2.23. The van der Waals surface area contributed by atoms with Crippen molar-refractivity contribution in [3.8, 4) is 12.3 Å². The molecule has 0 radical (unpaired) electrons. The lowest BCUT2D eigenvalue weighted by Crippen LogP contribution is -2.37. The molecule has 1 N–H and O–H groups in total. The summed E-state index contributed by atoms with van der Waals surface area (Å²) in [5, 5.41) is 0. The molecule has 1 fully saturated rings. The van der Waals surface area contributed by atoms with E-state index in [2.05, 4.69) is 5.92 Å². The second-order valence-corrected chi connectivity index (χ2v) is 7.14. The number of terminal acetylenes is 1. The van der Waals surface area contributed by atoms with Gasteiger partial charge in [0.2, 0.25) is 0 Å². The molecule has 2 heterocycles. The topological polar surface area (TPSA) is 103 Å². The lowest BCUT2D eigenvalue weighted by atomic mass is 10.2. The first kappa shape index (κ1) is 25.5. The Morgan fingerprint density at radius 2 is 2.12 bits per heavy atom. The van der Waals surface area contributed by atoms with Crippen molar-refractivity contribution in [2.75, 3.05) is 26.3 Å². The minimum absolute atomic E-state index is 0.0412. The normalized spacial score (nSPS) is 20.7. The molecule has 1 aliphatic rings. The van der Waals surface area contributed by atoms with Crippen LogP contribution in [0.5, 0.6) is 0 Å². The maximum atomic E-state index is 13.1. The maximum absolute atomic E-state index is 13.1. The molecule has 178 valence electrons. The third-order valence-electron chi connectivity index (χ3n) is 4.94. The summed E-state index contributed by atoms with van der Waals surface area (Å²) in [6.07, 6.45) is -1.07. The summed E-state index contributed by atoms with van der Waals surface area (Å²) in [5.41, 5.74) is -4.15. The largest absolute Gasteiger partial charge is 0.447 e. The summed E-state index contributed by atoms with van der Waals surface area (Å²) in [7, 11) is 0. The molecule has 0 aliphatic carbocycles. The van der Waals surface area contributed by atoms with Crippen molar-refractivity contribution in [1.82, 2.24) is 14.5 Å². The number of alkyl halides is 3. The molecule has 3 atom stereocenters. The first-order chi connectivity index (χ1) is 15.1. The minimum Gasteiger partial charge on any atom is -0.447 e. The number of carbonyl (C=O) groups excluding carboxylic acids is 1. The van der Waals surface area contributed by atoms with Crippen LogP contribution in [0.1, 0.15) is 44.9 Å². The van der Waals surface area contributed by atoms with E-state index in [9.17, 15) is 27.6 Å². The van der Waals surface area contributed by atoms with Crippen molar-refractivity contribution in [1.29, 1.82) is 0 Å². The average molecular weight is 461 g/mol. The van der Waals surface area contributed by atoms with Gasteiger partial charge in [-0.3, -0.25) is 14.3 Å². The number of nitrogens with one attached hydrogen (secondary N) is 1. The molecule has 9 nitrogen and oxygen atoms in total. The van der Waals surface area contributed by atoms with Gasteiger partial charge in [-0.15, -0.1) is 6.42 Å². The number of aromatic amines is 1. The van der Waals surface area contributed by atoms with Gasteiger partial charge in [0.15, 0.2) is 0 Å². The maximum Gasteiger partial charge on any atom is 0.423 e. The Balaban J connectivity index is 2.19. The van der Waals surface area contributed by atoms with Crippen LogP contribution >= 0.6 is 0 Å². The fraction of sp³-hybridized carbons (Fsp3) is 0.650. The van der Waals surface area contributed by atoms with Gasteiger partial charge in [0.25, 0.3) is 5.56 Å². The number of rotatable bonds is 9. The smallest absolute Gasteiger partial charge is 0.423 e. The van der Waals surface area contributed by atoms with E-state index in [0.717, 1.165) is 12.8 Å². The molecule has 0 unspecified atom stereocenters. The van der Waals surface area contributed by atoms with Crippen LogP contribution in [-0.4, -0.2) is 59.1 Å². The minimum atomic E-state index is -4.96. The van der Waals surface area contributed by atoms with Crippen LogP contribution < -0.4 is 11.2 Å². The predicted octanol–water partition coefficient (Wildman–Crippen LogP) is 2.12. The van der Waals surface area contributed by atoms with Crippen LogP contribution in [0.3, 0.4) is 0 Å². The van der Waals surface area contributed by atoms with Crippen LogP contribution in [0.2, 0.25) is 0 Å². The van der Waals surface area contributed by atoms with E-state index in [1.165, 1.54) is 4.90 Å². The zero-order valence-corrected chi connectivity index (χ0v) is 17.8. The van der Waals surface area contributed by atoms with Crippen LogP contribution in [0.25, 0.3) is 0 Å². The first-order valence-electron chi connectivity index (χ1n) is 10.2. The molecule has 0 spiro atoms. The summed E-state index contributed by atoms with van der Waals surface area (Å²) in [4.78, 5) is 39.1. The molecule has 1 aromatic heterocycles. The second-order valence-electron chi connectivity index (χ2n) is 7.14. The zero-order valence-electron chi connectivity index (χ0n) is 17.8. The number of hydrogen-bond acceptors (Lipinski definition) is 6. The van der Waals surface area contributed by atoms with Crippen LogP contribution in [0.4, 0.5) is 18.0 Å². The molecule has 1 amide bonds. The Hall–Kier alpha value is -2.78. The van der Waals surface area contributed by atoms with E-state index >= 15 is 0 Å². The van der Waals surface area contributed by atoms with E-state index in [-0.39, 0.29) is 19.6 Å². The number of nitrogens with zero attached hydrogens (tertiary/aromatic N) is 2. The van der Waals surface area contributed by atoms with Gasteiger partial charge >= 0.3 is 18.0 Å². The van der Waals surface area contributed by atoms with Gasteiger partial charge in [0.05, 0.1) is 6.10 Å². The van der Waals surface area contributed by atoms with Gasteiger partial charge in [-0.1, -0.05) is 19.3 Å². The molecule has 0 aromatic carbocycles. The zero-order chi connectivity index (χ0) is 23.9. The van der Waals surface area contributed by atoms with Gasteiger partial charge in [-0.25, -0.2) is 9.59 Å².